The van der Waals surface area contributed by atoms with Gasteiger partial charge in [0, 0.05) is 5.41 Å². The minimum Gasteiger partial charge on any atom is -0.478 e. The molecule has 2 aromatic rings. The van der Waals surface area contributed by atoms with Gasteiger partial charge in [-0.25, -0.2) is 9.59 Å². The number of rotatable bonds is 4. The van der Waals surface area contributed by atoms with Gasteiger partial charge in [0.15, 0.2) is 0 Å². The summed E-state index contributed by atoms with van der Waals surface area (Å²) < 4.78 is 81.3. The van der Waals surface area contributed by atoms with Crippen molar-refractivity contribution in [1.29, 1.82) is 0 Å². The predicted molar refractivity (Wildman–Crippen MR) is 88.9 cm³/mol. The van der Waals surface area contributed by atoms with Crippen molar-refractivity contribution in [3.63, 3.8) is 0 Å². The van der Waals surface area contributed by atoms with Crippen LogP contribution in [0.2, 0.25) is 0 Å². The zero-order valence-electron chi connectivity index (χ0n) is 14.9. The molecule has 0 atom stereocenters. The summed E-state index contributed by atoms with van der Waals surface area (Å²) in [5.74, 6) is -3.25. The lowest BCUT2D eigenvalue weighted by Crippen LogP contribution is -2.28. The maximum atomic E-state index is 13.5. The Morgan fingerprint density at radius 1 is 0.655 bits per heavy atom. The molecule has 2 rings (SSSR count). The molecule has 0 spiro atoms. The van der Waals surface area contributed by atoms with Crippen LogP contribution in [0.1, 0.15) is 56.8 Å². The van der Waals surface area contributed by atoms with Crippen LogP contribution in [0, 0.1) is 0 Å². The summed E-state index contributed by atoms with van der Waals surface area (Å²) in [5.41, 5.74) is -7.17. The summed E-state index contributed by atoms with van der Waals surface area (Å²) in [7, 11) is 0. The third kappa shape index (κ3) is 4.36. The smallest absolute Gasteiger partial charge is 0.416 e. The molecule has 2 aromatic carbocycles. The van der Waals surface area contributed by atoms with E-state index >= 15 is 0 Å². The maximum Gasteiger partial charge on any atom is 0.416 e. The average molecular weight is 420 g/mol. The van der Waals surface area contributed by atoms with Crippen molar-refractivity contribution in [3.8, 4) is 0 Å². The molecule has 0 aliphatic carbocycles. The minimum absolute atomic E-state index is 0.359. The number of carboxylic acid groups (broad SMARTS) is 2. The van der Waals surface area contributed by atoms with Gasteiger partial charge >= 0.3 is 24.3 Å². The fourth-order valence-electron chi connectivity index (χ4n) is 3.06. The highest BCUT2D eigenvalue weighted by atomic mass is 19.4. The van der Waals surface area contributed by atoms with Crippen LogP contribution in [0.3, 0.4) is 0 Å². The summed E-state index contributed by atoms with van der Waals surface area (Å²) in [6.45, 7) is 2.23. The van der Waals surface area contributed by atoms with E-state index in [-0.39, 0.29) is 0 Å². The number of benzene rings is 2. The predicted octanol–water partition coefficient (Wildman–Crippen LogP) is 5.45. The molecule has 0 aromatic heterocycles. The molecule has 0 unspecified atom stereocenters. The van der Waals surface area contributed by atoms with Gasteiger partial charge in [0.25, 0.3) is 0 Å². The van der Waals surface area contributed by atoms with Gasteiger partial charge in [0.05, 0.1) is 22.3 Å². The third-order valence-electron chi connectivity index (χ3n) is 4.49. The second-order valence-corrected chi connectivity index (χ2v) is 6.75. The Hall–Kier alpha value is -3.04. The van der Waals surface area contributed by atoms with E-state index in [1.165, 1.54) is 0 Å². The van der Waals surface area contributed by atoms with Crippen molar-refractivity contribution in [2.45, 2.75) is 31.6 Å². The summed E-state index contributed by atoms with van der Waals surface area (Å²) in [6, 6.07) is 4.09. The molecule has 2 N–H and O–H groups in total. The second kappa shape index (κ2) is 7.09. The van der Waals surface area contributed by atoms with E-state index in [1.807, 2.05) is 0 Å². The molecule has 0 aliphatic rings. The van der Waals surface area contributed by atoms with Crippen LogP contribution in [-0.4, -0.2) is 22.2 Å². The molecular weight excluding hydrogens is 406 g/mol. The Morgan fingerprint density at radius 2 is 0.966 bits per heavy atom. The molecule has 29 heavy (non-hydrogen) atoms. The number of alkyl halides is 6. The lowest BCUT2D eigenvalue weighted by molar-refractivity contribution is -0.139. The number of hydrogen-bond acceptors (Lipinski definition) is 2. The second-order valence-electron chi connectivity index (χ2n) is 6.75. The Balaban J connectivity index is 2.83. The first-order valence-electron chi connectivity index (χ1n) is 7.97. The van der Waals surface area contributed by atoms with Gasteiger partial charge in [-0.15, -0.1) is 0 Å². The number of halogens is 6. The molecule has 0 radical (unpaired) electrons. The van der Waals surface area contributed by atoms with Crippen molar-refractivity contribution in [1.82, 2.24) is 0 Å². The van der Waals surface area contributed by atoms with E-state index in [1.54, 1.807) is 0 Å². The van der Waals surface area contributed by atoms with Crippen molar-refractivity contribution in [3.05, 3.63) is 69.8 Å². The summed E-state index contributed by atoms with van der Waals surface area (Å²) in [6.07, 6.45) is -10.1. The van der Waals surface area contributed by atoms with E-state index in [0.717, 1.165) is 38.1 Å². The molecule has 0 saturated heterocycles. The Bertz CT molecular complexity index is 896. The monoisotopic (exact) mass is 420 g/mol. The van der Waals surface area contributed by atoms with Crippen molar-refractivity contribution in [2.75, 3.05) is 0 Å². The van der Waals surface area contributed by atoms with Gasteiger partial charge in [-0.1, -0.05) is 26.0 Å². The van der Waals surface area contributed by atoms with Crippen molar-refractivity contribution < 1.29 is 46.1 Å². The Morgan fingerprint density at radius 3 is 1.21 bits per heavy atom. The van der Waals surface area contributed by atoms with Crippen LogP contribution in [0.4, 0.5) is 26.3 Å². The van der Waals surface area contributed by atoms with Gasteiger partial charge < -0.3 is 10.2 Å². The first-order valence-corrected chi connectivity index (χ1v) is 7.97. The van der Waals surface area contributed by atoms with Gasteiger partial charge in [-0.2, -0.15) is 26.3 Å². The Labute approximate surface area is 160 Å². The number of hydrogen-bond donors (Lipinski definition) is 2. The topological polar surface area (TPSA) is 74.6 Å². The highest BCUT2D eigenvalue weighted by Crippen LogP contribution is 2.45. The normalized spacial score (nSPS) is 12.7. The van der Waals surface area contributed by atoms with Gasteiger partial charge in [-0.3, -0.25) is 0 Å². The van der Waals surface area contributed by atoms with Crippen LogP contribution in [0.15, 0.2) is 36.4 Å². The fraction of sp³-hybridized carbons (Fsp3) is 0.263. The van der Waals surface area contributed by atoms with E-state index < -0.39 is 63.1 Å². The van der Waals surface area contributed by atoms with E-state index in [0.29, 0.717) is 12.1 Å². The van der Waals surface area contributed by atoms with Crippen LogP contribution in [-0.2, 0) is 17.8 Å². The van der Waals surface area contributed by atoms with Gasteiger partial charge in [0.2, 0.25) is 0 Å². The van der Waals surface area contributed by atoms with E-state index in [2.05, 4.69) is 0 Å². The first kappa shape index (κ1) is 22.3. The minimum atomic E-state index is -5.03. The SMILES string of the molecule is CC(C)(c1ccc(C(=O)O)cc1C(F)(F)F)c1ccc(C(=O)O)cc1C(F)(F)F. The highest BCUT2D eigenvalue weighted by Gasteiger charge is 2.43. The third-order valence-corrected chi connectivity index (χ3v) is 4.49. The first-order chi connectivity index (χ1) is 13.1. The van der Waals surface area contributed by atoms with Crippen LogP contribution in [0.25, 0.3) is 0 Å². The quantitative estimate of drug-likeness (QED) is 0.646. The molecule has 0 amide bonds. The largest absolute Gasteiger partial charge is 0.478 e. The van der Waals surface area contributed by atoms with Crippen LogP contribution in [0.5, 0.6) is 0 Å². The summed E-state index contributed by atoms with van der Waals surface area (Å²) in [5, 5.41) is 17.9. The number of carboxylic acids is 2. The molecule has 156 valence electrons. The zero-order chi connectivity index (χ0) is 22.4. The number of carbonyl (C=O) groups is 2. The molecule has 0 saturated carbocycles. The van der Waals surface area contributed by atoms with Crippen LogP contribution >= 0.6 is 0 Å². The molecule has 0 aliphatic heterocycles. The number of aromatic carboxylic acids is 2. The van der Waals surface area contributed by atoms with Crippen molar-refractivity contribution in [2.24, 2.45) is 0 Å². The van der Waals surface area contributed by atoms with E-state index in [9.17, 15) is 35.9 Å². The maximum absolute atomic E-state index is 13.5. The van der Waals surface area contributed by atoms with Crippen molar-refractivity contribution >= 4 is 11.9 Å². The fourth-order valence-corrected chi connectivity index (χ4v) is 3.06. The standard InChI is InChI=1S/C19H14F6O4/c1-17(2,11-5-3-9(15(26)27)7-13(11)18(20,21)22)12-6-4-10(16(28)29)8-14(12)19(23,24)25/h3-8H,1-2H3,(H,26,27)(H,28,29). The molecule has 0 bridgehead atoms. The average Bonchev–Trinajstić information content (AvgIpc) is 2.59. The van der Waals surface area contributed by atoms with Gasteiger partial charge in [0.1, 0.15) is 0 Å². The lowest BCUT2D eigenvalue weighted by Gasteiger charge is -2.32. The Kier molecular flexibility index (Phi) is 5.44. The molecular formula is C19H14F6O4. The zero-order valence-corrected chi connectivity index (χ0v) is 14.9. The molecule has 0 fully saturated rings. The summed E-state index contributed by atoms with van der Waals surface area (Å²) >= 11 is 0. The highest BCUT2D eigenvalue weighted by molar-refractivity contribution is 5.88. The molecule has 0 heterocycles. The molecule has 10 heteroatoms. The van der Waals surface area contributed by atoms with E-state index in [4.69, 9.17) is 10.2 Å². The molecule has 4 nitrogen and oxygen atoms in total. The van der Waals surface area contributed by atoms with Gasteiger partial charge in [-0.05, 0) is 35.4 Å². The lowest BCUT2D eigenvalue weighted by atomic mass is 9.73. The van der Waals surface area contributed by atoms with Crippen LogP contribution < -0.4 is 0 Å². The summed E-state index contributed by atoms with van der Waals surface area (Å²) in [4.78, 5) is 22.1.